The maximum atomic E-state index is 12.0. The number of hydrogen-bond donors (Lipinski definition) is 2. The number of anilines is 1. The molecule has 0 radical (unpaired) electrons. The van der Waals surface area contributed by atoms with Crippen LogP contribution in [0.5, 0.6) is 0 Å². The van der Waals surface area contributed by atoms with E-state index >= 15 is 0 Å². The second-order valence-corrected chi connectivity index (χ2v) is 6.75. The SMILES string of the molecule is CCNC(=NCc1ccc(N2CCCCC2=O)cc1)NCCCOCCOC.I. The number of amides is 1. The van der Waals surface area contributed by atoms with Gasteiger partial charge in [-0.1, -0.05) is 12.1 Å². The van der Waals surface area contributed by atoms with Crippen LogP contribution in [0, 0.1) is 0 Å². The summed E-state index contributed by atoms with van der Waals surface area (Å²) in [4.78, 5) is 18.6. The van der Waals surface area contributed by atoms with Gasteiger partial charge in [0.05, 0.1) is 19.8 Å². The van der Waals surface area contributed by atoms with Crippen LogP contribution in [0.3, 0.4) is 0 Å². The number of guanidine groups is 1. The molecule has 2 N–H and O–H groups in total. The van der Waals surface area contributed by atoms with Gasteiger partial charge < -0.3 is 25.0 Å². The van der Waals surface area contributed by atoms with Crippen molar-refractivity contribution >= 4 is 41.5 Å². The third-order valence-corrected chi connectivity index (χ3v) is 4.53. The van der Waals surface area contributed by atoms with E-state index in [1.54, 1.807) is 7.11 Å². The van der Waals surface area contributed by atoms with Crippen molar-refractivity contribution in [3.63, 3.8) is 0 Å². The average Bonchev–Trinajstić information content (AvgIpc) is 2.72. The lowest BCUT2D eigenvalue weighted by Gasteiger charge is -2.26. The van der Waals surface area contributed by atoms with Gasteiger partial charge in [-0.3, -0.25) is 4.79 Å². The zero-order valence-corrected chi connectivity index (χ0v) is 19.9. The molecule has 164 valence electrons. The summed E-state index contributed by atoms with van der Waals surface area (Å²) in [5.41, 5.74) is 2.10. The van der Waals surface area contributed by atoms with Crippen LogP contribution in [-0.2, 0) is 20.8 Å². The lowest BCUT2D eigenvalue weighted by molar-refractivity contribution is -0.119. The van der Waals surface area contributed by atoms with Gasteiger partial charge in [0.2, 0.25) is 5.91 Å². The Morgan fingerprint density at radius 2 is 1.93 bits per heavy atom. The molecule has 2 rings (SSSR count). The van der Waals surface area contributed by atoms with Crippen LogP contribution in [0.25, 0.3) is 0 Å². The molecule has 29 heavy (non-hydrogen) atoms. The minimum absolute atomic E-state index is 0. The normalized spacial score (nSPS) is 14.5. The Kier molecular flexibility index (Phi) is 13.7. The van der Waals surface area contributed by atoms with E-state index in [2.05, 4.69) is 22.5 Å². The smallest absolute Gasteiger partial charge is 0.226 e. The molecule has 1 fully saturated rings. The van der Waals surface area contributed by atoms with Crippen LogP contribution in [0.1, 0.15) is 38.2 Å². The zero-order chi connectivity index (χ0) is 20.0. The first-order chi connectivity index (χ1) is 13.7. The van der Waals surface area contributed by atoms with Gasteiger partial charge in [0.1, 0.15) is 0 Å². The number of nitrogens with zero attached hydrogens (tertiary/aromatic N) is 2. The molecule has 1 heterocycles. The number of nitrogens with one attached hydrogen (secondary N) is 2. The number of halogens is 1. The van der Waals surface area contributed by atoms with Crippen molar-refractivity contribution in [3.05, 3.63) is 29.8 Å². The van der Waals surface area contributed by atoms with E-state index < -0.39 is 0 Å². The molecule has 1 aromatic rings. The van der Waals surface area contributed by atoms with Crippen molar-refractivity contribution in [2.75, 3.05) is 51.5 Å². The van der Waals surface area contributed by atoms with Gasteiger partial charge in [0, 0.05) is 45.5 Å². The molecule has 0 saturated carbocycles. The molecule has 1 amide bonds. The topological polar surface area (TPSA) is 75.2 Å². The van der Waals surface area contributed by atoms with Gasteiger partial charge >= 0.3 is 0 Å². The van der Waals surface area contributed by atoms with E-state index in [4.69, 9.17) is 9.47 Å². The summed E-state index contributed by atoms with van der Waals surface area (Å²) in [5.74, 6) is 1.02. The summed E-state index contributed by atoms with van der Waals surface area (Å²) in [6, 6.07) is 8.14. The van der Waals surface area contributed by atoms with E-state index in [0.717, 1.165) is 56.1 Å². The van der Waals surface area contributed by atoms with Crippen molar-refractivity contribution in [1.29, 1.82) is 0 Å². The molecular weight excluding hydrogens is 483 g/mol. The van der Waals surface area contributed by atoms with Crippen LogP contribution in [-0.4, -0.2) is 58.4 Å². The summed E-state index contributed by atoms with van der Waals surface area (Å²) in [7, 11) is 1.67. The van der Waals surface area contributed by atoms with Gasteiger partial charge in [0.15, 0.2) is 5.96 Å². The summed E-state index contributed by atoms with van der Waals surface area (Å²) in [6.07, 6.45) is 3.64. The minimum Gasteiger partial charge on any atom is -0.382 e. The number of methoxy groups -OCH3 is 1. The fraction of sp³-hybridized carbons (Fsp3) is 0.619. The molecule has 7 nitrogen and oxygen atoms in total. The Bertz CT molecular complexity index is 610. The highest BCUT2D eigenvalue weighted by Crippen LogP contribution is 2.21. The number of rotatable bonds is 11. The maximum Gasteiger partial charge on any atom is 0.226 e. The molecule has 0 spiro atoms. The van der Waals surface area contributed by atoms with Crippen molar-refractivity contribution in [1.82, 2.24) is 10.6 Å². The lowest BCUT2D eigenvalue weighted by Crippen LogP contribution is -2.38. The highest BCUT2D eigenvalue weighted by atomic mass is 127. The van der Waals surface area contributed by atoms with Crippen molar-refractivity contribution in [2.45, 2.75) is 39.2 Å². The fourth-order valence-electron chi connectivity index (χ4n) is 3.00. The Hall–Kier alpha value is -1.39. The Morgan fingerprint density at radius 3 is 2.62 bits per heavy atom. The van der Waals surface area contributed by atoms with Gasteiger partial charge in [-0.25, -0.2) is 4.99 Å². The predicted octanol–water partition coefficient (Wildman–Crippen LogP) is 2.93. The first-order valence-corrected chi connectivity index (χ1v) is 10.2. The average molecular weight is 518 g/mol. The highest BCUT2D eigenvalue weighted by Gasteiger charge is 2.19. The second-order valence-electron chi connectivity index (χ2n) is 6.75. The molecule has 1 aliphatic heterocycles. The van der Waals surface area contributed by atoms with E-state index in [-0.39, 0.29) is 29.9 Å². The van der Waals surface area contributed by atoms with E-state index in [1.165, 1.54) is 0 Å². The van der Waals surface area contributed by atoms with Gasteiger partial charge in [-0.15, -0.1) is 24.0 Å². The number of carbonyl (C=O) groups excluding carboxylic acids is 1. The summed E-state index contributed by atoms with van der Waals surface area (Å²) < 4.78 is 10.4. The molecular formula is C21H35IN4O3. The van der Waals surface area contributed by atoms with E-state index in [9.17, 15) is 4.79 Å². The van der Waals surface area contributed by atoms with E-state index in [0.29, 0.717) is 32.8 Å². The quantitative estimate of drug-likeness (QED) is 0.204. The van der Waals surface area contributed by atoms with E-state index in [1.807, 2.05) is 29.2 Å². The van der Waals surface area contributed by atoms with Crippen molar-refractivity contribution in [3.8, 4) is 0 Å². The number of hydrogen-bond acceptors (Lipinski definition) is 4. The van der Waals surface area contributed by atoms with Gasteiger partial charge in [-0.2, -0.15) is 0 Å². The molecule has 0 aromatic heterocycles. The number of carbonyl (C=O) groups is 1. The summed E-state index contributed by atoms with van der Waals surface area (Å²) in [5, 5.41) is 6.58. The van der Waals surface area contributed by atoms with Crippen LogP contribution < -0.4 is 15.5 Å². The highest BCUT2D eigenvalue weighted by molar-refractivity contribution is 14.0. The third kappa shape index (κ3) is 9.77. The molecule has 0 atom stereocenters. The Balaban J connectivity index is 0.00000420. The summed E-state index contributed by atoms with van der Waals surface area (Å²) in [6.45, 7) is 7.03. The van der Waals surface area contributed by atoms with Gasteiger partial charge in [-0.05, 0) is 43.9 Å². The molecule has 0 unspecified atom stereocenters. The van der Waals surface area contributed by atoms with Crippen LogP contribution in [0.4, 0.5) is 5.69 Å². The largest absolute Gasteiger partial charge is 0.382 e. The molecule has 8 heteroatoms. The molecule has 1 saturated heterocycles. The lowest BCUT2D eigenvalue weighted by atomic mass is 10.1. The molecule has 0 bridgehead atoms. The predicted molar refractivity (Wildman–Crippen MR) is 128 cm³/mol. The molecule has 1 aliphatic rings. The molecule has 0 aliphatic carbocycles. The third-order valence-electron chi connectivity index (χ3n) is 4.53. The van der Waals surface area contributed by atoms with Crippen molar-refractivity contribution < 1.29 is 14.3 Å². The maximum absolute atomic E-state index is 12.0. The first-order valence-electron chi connectivity index (χ1n) is 10.2. The standard InChI is InChI=1S/C21H34N4O3.HI/c1-3-22-21(23-12-6-14-28-16-15-27-2)24-17-18-8-10-19(11-9-18)25-13-5-4-7-20(25)26;/h8-11H,3-7,12-17H2,1-2H3,(H2,22,23,24);1H. The Morgan fingerprint density at radius 1 is 1.14 bits per heavy atom. The molecule has 1 aromatic carbocycles. The fourth-order valence-corrected chi connectivity index (χ4v) is 3.00. The monoisotopic (exact) mass is 518 g/mol. The van der Waals surface area contributed by atoms with Crippen molar-refractivity contribution in [2.24, 2.45) is 4.99 Å². The van der Waals surface area contributed by atoms with Crippen LogP contribution in [0.2, 0.25) is 0 Å². The van der Waals surface area contributed by atoms with Gasteiger partial charge in [0.25, 0.3) is 0 Å². The zero-order valence-electron chi connectivity index (χ0n) is 17.6. The van der Waals surface area contributed by atoms with Crippen LogP contribution in [0.15, 0.2) is 29.3 Å². The number of aliphatic imine (C=N–C) groups is 1. The second kappa shape index (κ2) is 15.4. The number of benzene rings is 1. The minimum atomic E-state index is 0. The number of ether oxygens (including phenoxy) is 2. The summed E-state index contributed by atoms with van der Waals surface area (Å²) >= 11 is 0. The first kappa shape index (κ1) is 25.6. The Labute approximate surface area is 191 Å². The van der Waals surface area contributed by atoms with Crippen LogP contribution >= 0.6 is 24.0 Å². The number of piperidine rings is 1.